The van der Waals surface area contributed by atoms with Gasteiger partial charge in [0, 0.05) is 0 Å². The normalized spacial score (nSPS) is 22.6. The molecule has 8 nitrogen and oxygen atoms in total. The first kappa shape index (κ1) is 40.0. The van der Waals surface area contributed by atoms with Crippen LogP contribution in [0.5, 0.6) is 0 Å². The Hall–Kier alpha value is -8.36. The van der Waals surface area contributed by atoms with Gasteiger partial charge in [-0.25, -0.2) is 0 Å². The van der Waals surface area contributed by atoms with E-state index in [-0.39, 0.29) is 47.9 Å². The quantitative estimate of drug-likeness (QED) is 0.118. The fourth-order valence-corrected chi connectivity index (χ4v) is 14.5. The summed E-state index contributed by atoms with van der Waals surface area (Å²) in [4.78, 5) is 64.1. The summed E-state index contributed by atoms with van der Waals surface area (Å²) in [6.45, 7) is 0. The van der Waals surface area contributed by atoms with Crippen molar-refractivity contribution in [1.82, 2.24) is 0 Å². The average Bonchev–Trinajstić information content (AvgIpc) is 4.12. The molecule has 328 valence electrons. The molecule has 0 radical (unpaired) electrons. The molecular formula is C60H40O8. The van der Waals surface area contributed by atoms with Gasteiger partial charge < -0.3 is 20.4 Å². The van der Waals surface area contributed by atoms with E-state index >= 15 is 19.2 Å². The highest BCUT2D eigenvalue weighted by Gasteiger charge is 3.00. The molecule has 8 aromatic rings. The third kappa shape index (κ3) is 4.29. The maximum Gasteiger partial charge on any atom is 0.317 e. The van der Waals surface area contributed by atoms with Crippen molar-refractivity contribution in [1.29, 1.82) is 0 Å². The second kappa shape index (κ2) is 13.6. The van der Waals surface area contributed by atoms with Gasteiger partial charge >= 0.3 is 23.9 Å². The maximum absolute atomic E-state index is 16.0. The number of carbonyl (C=O) groups is 4. The highest BCUT2D eigenvalue weighted by Crippen LogP contribution is 2.82. The lowest BCUT2D eigenvalue weighted by Crippen LogP contribution is -2.95. The summed E-state index contributed by atoms with van der Waals surface area (Å²) >= 11 is 0. The predicted molar refractivity (Wildman–Crippen MR) is 256 cm³/mol. The van der Waals surface area contributed by atoms with E-state index in [1.807, 2.05) is 121 Å². The molecule has 68 heavy (non-hydrogen) atoms. The monoisotopic (exact) mass is 888 g/mol. The maximum atomic E-state index is 16.0. The number of carboxylic acid groups (broad SMARTS) is 4. The largest absolute Gasteiger partial charge is 0.481 e. The Morgan fingerprint density at radius 2 is 0.456 bits per heavy atom. The minimum atomic E-state index is -3.06. The molecule has 4 N–H and O–H groups in total. The van der Waals surface area contributed by atoms with Crippen molar-refractivity contribution >= 4 is 23.9 Å². The van der Waals surface area contributed by atoms with Crippen LogP contribution in [0.1, 0.15) is 66.8 Å². The molecule has 0 bridgehead atoms. The average molecular weight is 889 g/mol. The Morgan fingerprint density at radius 1 is 0.265 bits per heavy atom. The second-order valence-electron chi connectivity index (χ2n) is 18.9. The van der Waals surface area contributed by atoms with Crippen LogP contribution in [0.2, 0.25) is 0 Å². The SMILES string of the molecule is O=C(O)C1(c2cccc3c2Cc2ccccc2-3)C(C(=O)O)(c2cccc3c2Cc2ccccc2-3)C(C(=O)O)(c2cccc3c2Cc2ccccc2-3)C1(C(=O)O)c1cccc2c1Cc1ccccc1-2. The Morgan fingerprint density at radius 3 is 0.662 bits per heavy atom. The Labute approximate surface area is 390 Å². The van der Waals surface area contributed by atoms with Crippen LogP contribution in [0.4, 0.5) is 0 Å². The minimum Gasteiger partial charge on any atom is -0.481 e. The minimum absolute atomic E-state index is 0.0440. The Bertz CT molecular complexity index is 3150. The Kier molecular flexibility index (Phi) is 8.00. The van der Waals surface area contributed by atoms with E-state index in [0.29, 0.717) is 44.5 Å². The third-order valence-electron chi connectivity index (χ3n) is 16.6. The van der Waals surface area contributed by atoms with Gasteiger partial charge in [0.1, 0.15) is 21.7 Å². The summed E-state index contributed by atoms with van der Waals surface area (Å²) in [7, 11) is 0. The molecule has 0 unspecified atom stereocenters. The van der Waals surface area contributed by atoms with Gasteiger partial charge in [0.2, 0.25) is 0 Å². The zero-order valence-electron chi connectivity index (χ0n) is 36.4. The van der Waals surface area contributed by atoms with E-state index in [0.717, 1.165) is 44.5 Å². The fraction of sp³-hybridized carbons (Fsp3) is 0.133. The molecule has 0 aliphatic heterocycles. The topological polar surface area (TPSA) is 149 Å². The fourth-order valence-electron chi connectivity index (χ4n) is 14.5. The lowest BCUT2D eigenvalue weighted by molar-refractivity contribution is -0.221. The van der Waals surface area contributed by atoms with Gasteiger partial charge in [-0.15, -0.1) is 0 Å². The molecule has 5 aliphatic rings. The number of aliphatic carboxylic acids is 4. The summed E-state index contributed by atoms with van der Waals surface area (Å²) in [6, 6.07) is 50.7. The van der Waals surface area contributed by atoms with Crippen LogP contribution in [0.3, 0.4) is 0 Å². The molecule has 0 amide bonds. The molecule has 1 fully saturated rings. The van der Waals surface area contributed by atoms with Crippen LogP contribution >= 0.6 is 0 Å². The van der Waals surface area contributed by atoms with Gasteiger partial charge in [0.25, 0.3) is 0 Å². The van der Waals surface area contributed by atoms with Crippen LogP contribution in [-0.2, 0) is 66.5 Å². The molecule has 13 rings (SSSR count). The first-order chi connectivity index (χ1) is 33.1. The van der Waals surface area contributed by atoms with Crippen molar-refractivity contribution in [3.8, 4) is 44.5 Å². The molecule has 8 aromatic carbocycles. The van der Waals surface area contributed by atoms with Gasteiger partial charge in [0.15, 0.2) is 0 Å². The number of benzene rings is 8. The van der Waals surface area contributed by atoms with E-state index in [2.05, 4.69) is 0 Å². The lowest BCUT2D eigenvalue weighted by atomic mass is 9.19. The summed E-state index contributed by atoms with van der Waals surface area (Å²) < 4.78 is 0. The van der Waals surface area contributed by atoms with Crippen molar-refractivity contribution in [2.45, 2.75) is 47.3 Å². The second-order valence-corrected chi connectivity index (χ2v) is 18.9. The zero-order valence-corrected chi connectivity index (χ0v) is 36.4. The van der Waals surface area contributed by atoms with Gasteiger partial charge in [0.05, 0.1) is 0 Å². The van der Waals surface area contributed by atoms with E-state index in [4.69, 9.17) is 0 Å². The van der Waals surface area contributed by atoms with Gasteiger partial charge in [-0.3, -0.25) is 19.2 Å². The third-order valence-corrected chi connectivity index (χ3v) is 16.6. The van der Waals surface area contributed by atoms with Crippen LogP contribution in [0.15, 0.2) is 170 Å². The molecule has 1 saturated carbocycles. The van der Waals surface area contributed by atoms with Crippen molar-refractivity contribution < 1.29 is 39.6 Å². The molecule has 0 heterocycles. The van der Waals surface area contributed by atoms with E-state index < -0.39 is 45.5 Å². The van der Waals surface area contributed by atoms with E-state index in [9.17, 15) is 20.4 Å². The molecule has 5 aliphatic carbocycles. The highest BCUT2D eigenvalue weighted by molar-refractivity contribution is 6.20. The molecule has 0 saturated heterocycles. The van der Waals surface area contributed by atoms with Gasteiger partial charge in [-0.05, 0) is 137 Å². The molecule has 0 aromatic heterocycles. The van der Waals surface area contributed by atoms with Crippen molar-refractivity contribution in [2.24, 2.45) is 0 Å². The first-order valence-corrected chi connectivity index (χ1v) is 22.8. The number of hydrogen-bond donors (Lipinski definition) is 4. The van der Waals surface area contributed by atoms with Crippen molar-refractivity contribution in [2.75, 3.05) is 0 Å². The summed E-state index contributed by atoms with van der Waals surface area (Å²) in [5, 5.41) is 52.0. The van der Waals surface area contributed by atoms with Crippen LogP contribution in [-0.4, -0.2) is 44.3 Å². The summed E-state index contributed by atoms with van der Waals surface area (Å²) in [5.41, 5.74) is -1.45. The number of carboxylic acids is 4. The predicted octanol–water partition coefficient (Wildman–Crippen LogP) is 10.4. The van der Waals surface area contributed by atoms with Crippen LogP contribution in [0, 0.1) is 0 Å². The standard InChI is InChI=1S/C60H40O8/c61-53(62)57(49-25-9-21-41-37-17-5-1-13-33(37)29-45(41)49)58(54(63)64,50-26-10-22-42-38-18-6-2-14-34(38)30-46(42)50)60(56(67)68,52-28-12-24-44-40-20-8-4-16-36(40)32-48(44)52)59(57,55(65)66)51-27-11-23-43-39-19-7-3-15-35(39)31-47(43)51/h1-28H,29-32H2,(H,61,62)(H,63,64)(H,65,66)(H,67,68). The molecular weight excluding hydrogens is 849 g/mol. The Balaban J connectivity index is 1.29. The molecule has 0 spiro atoms. The van der Waals surface area contributed by atoms with Crippen LogP contribution < -0.4 is 0 Å². The van der Waals surface area contributed by atoms with Gasteiger partial charge in [-0.2, -0.15) is 0 Å². The van der Waals surface area contributed by atoms with Crippen molar-refractivity contribution in [3.05, 3.63) is 237 Å². The van der Waals surface area contributed by atoms with Crippen LogP contribution in [0.25, 0.3) is 44.5 Å². The van der Waals surface area contributed by atoms with E-state index in [1.54, 1.807) is 48.5 Å². The lowest BCUT2D eigenvalue weighted by Gasteiger charge is -2.75. The number of hydrogen-bond acceptors (Lipinski definition) is 4. The highest BCUT2D eigenvalue weighted by atomic mass is 16.4. The van der Waals surface area contributed by atoms with Gasteiger partial charge in [-0.1, -0.05) is 170 Å². The molecule has 0 atom stereocenters. The summed E-state index contributed by atoms with van der Waals surface area (Å²) in [6.07, 6.45) is 0.646. The smallest absolute Gasteiger partial charge is 0.317 e. The number of rotatable bonds is 8. The summed E-state index contributed by atoms with van der Waals surface area (Å²) in [5.74, 6) is -7.00. The molecule has 8 heteroatoms. The zero-order chi connectivity index (χ0) is 46.5. The van der Waals surface area contributed by atoms with E-state index in [1.165, 1.54) is 0 Å². The first-order valence-electron chi connectivity index (χ1n) is 22.8. The van der Waals surface area contributed by atoms with Crippen molar-refractivity contribution in [3.63, 3.8) is 0 Å². The number of fused-ring (bicyclic) bond motifs is 12.